The minimum absolute atomic E-state index is 0.480. The van der Waals surface area contributed by atoms with Crippen LogP contribution in [0, 0.1) is 0 Å². The summed E-state index contributed by atoms with van der Waals surface area (Å²) in [4.78, 5) is 9.81. The fourth-order valence-electron chi connectivity index (χ4n) is 3.91. The van der Waals surface area contributed by atoms with E-state index in [1.807, 2.05) is 11.3 Å². The maximum absolute atomic E-state index is 4.88. The molecular formula is C24H37N5S. The first-order valence-electron chi connectivity index (χ1n) is 11.3. The number of piperidine rings is 1. The van der Waals surface area contributed by atoms with Crippen molar-refractivity contribution in [3.05, 3.63) is 52.9 Å². The Morgan fingerprint density at radius 3 is 2.53 bits per heavy atom. The summed E-state index contributed by atoms with van der Waals surface area (Å²) in [5, 5.41) is 10.6. The lowest BCUT2D eigenvalue weighted by Gasteiger charge is -2.33. The largest absolute Gasteiger partial charge is 0.363 e. The molecule has 164 valence electrons. The Balaban J connectivity index is 1.54. The van der Waals surface area contributed by atoms with E-state index < -0.39 is 0 Å². The Kier molecular flexibility index (Phi) is 9.02. The smallest absolute Gasteiger partial charge is 0.191 e. The average Bonchev–Trinajstić information content (AvgIpc) is 3.32. The number of guanidine groups is 1. The molecule has 1 aromatic carbocycles. The third-order valence-electron chi connectivity index (χ3n) is 5.71. The van der Waals surface area contributed by atoms with Crippen LogP contribution in [-0.2, 0) is 13.1 Å². The van der Waals surface area contributed by atoms with E-state index >= 15 is 0 Å². The highest BCUT2D eigenvalue weighted by Crippen LogP contribution is 2.24. The molecule has 1 aromatic heterocycles. The van der Waals surface area contributed by atoms with Gasteiger partial charge in [-0.05, 0) is 61.5 Å². The molecule has 2 N–H and O–H groups in total. The van der Waals surface area contributed by atoms with Crippen LogP contribution in [0.4, 0.5) is 5.00 Å². The molecule has 3 rings (SSSR count). The SMILES string of the molecule is CCNC(=NCc1cccc(CN(CC)CC)c1)NC1CCN(c2cccs2)CC1. The maximum Gasteiger partial charge on any atom is 0.191 e. The normalized spacial score (nSPS) is 15.6. The van der Waals surface area contributed by atoms with E-state index in [1.54, 1.807) is 0 Å². The van der Waals surface area contributed by atoms with Gasteiger partial charge in [0.1, 0.15) is 0 Å². The van der Waals surface area contributed by atoms with Crippen molar-refractivity contribution in [3.8, 4) is 0 Å². The Bertz CT molecular complexity index is 762. The van der Waals surface area contributed by atoms with E-state index in [0.717, 1.165) is 58.1 Å². The summed E-state index contributed by atoms with van der Waals surface area (Å²) in [7, 11) is 0. The molecule has 1 fully saturated rings. The predicted octanol–water partition coefficient (Wildman–Crippen LogP) is 4.31. The van der Waals surface area contributed by atoms with E-state index in [1.165, 1.54) is 16.1 Å². The van der Waals surface area contributed by atoms with Crippen LogP contribution in [0.25, 0.3) is 0 Å². The van der Waals surface area contributed by atoms with Gasteiger partial charge in [0.25, 0.3) is 0 Å². The number of nitrogens with zero attached hydrogens (tertiary/aromatic N) is 3. The van der Waals surface area contributed by atoms with Crippen LogP contribution in [0.1, 0.15) is 44.7 Å². The number of benzene rings is 1. The molecule has 0 unspecified atom stereocenters. The van der Waals surface area contributed by atoms with Gasteiger partial charge in [-0.1, -0.05) is 38.1 Å². The molecule has 0 aliphatic carbocycles. The summed E-state index contributed by atoms with van der Waals surface area (Å²) in [6.07, 6.45) is 2.28. The van der Waals surface area contributed by atoms with Crippen LogP contribution in [-0.4, -0.2) is 49.6 Å². The van der Waals surface area contributed by atoms with E-state index in [9.17, 15) is 0 Å². The lowest BCUT2D eigenvalue weighted by atomic mass is 10.1. The quantitative estimate of drug-likeness (QED) is 0.462. The Hall–Kier alpha value is -2.05. The number of aliphatic imine (C=N–C) groups is 1. The number of nitrogens with one attached hydrogen (secondary N) is 2. The third-order valence-corrected chi connectivity index (χ3v) is 6.64. The van der Waals surface area contributed by atoms with Crippen LogP contribution in [0.2, 0.25) is 0 Å². The molecule has 1 aliphatic heterocycles. The minimum Gasteiger partial charge on any atom is -0.363 e. The summed E-state index contributed by atoms with van der Waals surface area (Å²) in [5.41, 5.74) is 2.63. The highest BCUT2D eigenvalue weighted by atomic mass is 32.1. The highest BCUT2D eigenvalue weighted by Gasteiger charge is 2.20. The summed E-state index contributed by atoms with van der Waals surface area (Å²) in [6, 6.07) is 13.7. The molecule has 5 nitrogen and oxygen atoms in total. The van der Waals surface area contributed by atoms with E-state index in [0.29, 0.717) is 12.6 Å². The number of thiophene rings is 1. The number of hydrogen-bond acceptors (Lipinski definition) is 4. The second-order valence-corrected chi connectivity index (χ2v) is 8.76. The molecule has 0 bridgehead atoms. The van der Waals surface area contributed by atoms with Crippen LogP contribution < -0.4 is 15.5 Å². The second kappa shape index (κ2) is 12.0. The number of anilines is 1. The molecule has 1 saturated heterocycles. The molecular weight excluding hydrogens is 390 g/mol. The first-order chi connectivity index (χ1) is 14.7. The maximum atomic E-state index is 4.88. The van der Waals surface area contributed by atoms with Crippen molar-refractivity contribution >= 4 is 22.3 Å². The van der Waals surface area contributed by atoms with Gasteiger partial charge in [-0.15, -0.1) is 11.3 Å². The van der Waals surface area contributed by atoms with Gasteiger partial charge in [-0.3, -0.25) is 4.90 Å². The Morgan fingerprint density at radius 1 is 1.10 bits per heavy atom. The monoisotopic (exact) mass is 427 g/mol. The third kappa shape index (κ3) is 6.74. The van der Waals surface area contributed by atoms with Gasteiger partial charge in [0.05, 0.1) is 11.5 Å². The van der Waals surface area contributed by atoms with Crippen LogP contribution in [0.5, 0.6) is 0 Å². The summed E-state index contributed by atoms with van der Waals surface area (Å²) in [6.45, 7) is 13.5. The second-order valence-electron chi connectivity index (χ2n) is 7.83. The first kappa shape index (κ1) is 22.6. The van der Waals surface area contributed by atoms with Gasteiger partial charge in [0.2, 0.25) is 0 Å². The van der Waals surface area contributed by atoms with Crippen LogP contribution in [0.3, 0.4) is 0 Å². The molecule has 2 heterocycles. The lowest BCUT2D eigenvalue weighted by Crippen LogP contribution is -2.48. The predicted molar refractivity (Wildman–Crippen MR) is 131 cm³/mol. The Morgan fingerprint density at radius 2 is 1.87 bits per heavy atom. The zero-order chi connectivity index (χ0) is 21.2. The van der Waals surface area contributed by atoms with Crippen molar-refractivity contribution in [2.45, 2.75) is 52.7 Å². The summed E-state index contributed by atoms with van der Waals surface area (Å²) < 4.78 is 0. The van der Waals surface area contributed by atoms with Crippen molar-refractivity contribution in [1.29, 1.82) is 0 Å². The van der Waals surface area contributed by atoms with E-state index in [4.69, 9.17) is 4.99 Å². The van der Waals surface area contributed by atoms with Crippen molar-refractivity contribution < 1.29 is 0 Å². The lowest BCUT2D eigenvalue weighted by molar-refractivity contribution is 0.296. The van der Waals surface area contributed by atoms with Crippen molar-refractivity contribution in [2.75, 3.05) is 37.6 Å². The zero-order valence-electron chi connectivity index (χ0n) is 18.7. The van der Waals surface area contributed by atoms with Gasteiger partial charge < -0.3 is 15.5 Å². The van der Waals surface area contributed by atoms with Crippen molar-refractivity contribution in [1.82, 2.24) is 15.5 Å². The first-order valence-corrected chi connectivity index (χ1v) is 12.2. The molecule has 0 spiro atoms. The molecule has 0 atom stereocenters. The van der Waals surface area contributed by atoms with Crippen molar-refractivity contribution in [2.24, 2.45) is 4.99 Å². The molecule has 0 amide bonds. The fraction of sp³-hybridized carbons (Fsp3) is 0.542. The Labute approximate surface area is 186 Å². The highest BCUT2D eigenvalue weighted by molar-refractivity contribution is 7.14. The van der Waals surface area contributed by atoms with Gasteiger partial charge in [0, 0.05) is 32.2 Å². The molecule has 30 heavy (non-hydrogen) atoms. The van der Waals surface area contributed by atoms with E-state index in [2.05, 4.69) is 83.0 Å². The standard InChI is InChI=1S/C24H37N5S/c1-4-25-24(27-22-12-14-29(15-13-22)23-11-8-16-30-23)26-18-20-9-7-10-21(17-20)19-28(5-2)6-3/h7-11,16-17,22H,4-6,12-15,18-19H2,1-3H3,(H2,25,26,27). The van der Waals surface area contributed by atoms with Crippen molar-refractivity contribution in [3.63, 3.8) is 0 Å². The van der Waals surface area contributed by atoms with Crippen LogP contribution >= 0.6 is 11.3 Å². The molecule has 0 radical (unpaired) electrons. The average molecular weight is 428 g/mol. The van der Waals surface area contributed by atoms with Gasteiger partial charge >= 0.3 is 0 Å². The van der Waals surface area contributed by atoms with Gasteiger partial charge in [-0.25, -0.2) is 4.99 Å². The zero-order valence-corrected chi connectivity index (χ0v) is 19.5. The van der Waals surface area contributed by atoms with E-state index in [-0.39, 0.29) is 0 Å². The summed E-state index contributed by atoms with van der Waals surface area (Å²) >= 11 is 1.83. The summed E-state index contributed by atoms with van der Waals surface area (Å²) in [5.74, 6) is 0.932. The molecule has 2 aromatic rings. The van der Waals surface area contributed by atoms with Gasteiger partial charge in [-0.2, -0.15) is 0 Å². The number of rotatable bonds is 9. The minimum atomic E-state index is 0.480. The molecule has 6 heteroatoms. The molecule has 1 aliphatic rings. The van der Waals surface area contributed by atoms with Gasteiger partial charge in [0.15, 0.2) is 5.96 Å². The fourth-order valence-corrected chi connectivity index (χ4v) is 4.69. The molecule has 0 saturated carbocycles. The topological polar surface area (TPSA) is 42.9 Å². The number of hydrogen-bond donors (Lipinski definition) is 2. The van der Waals surface area contributed by atoms with Crippen LogP contribution in [0.15, 0.2) is 46.8 Å².